The molecule has 0 radical (unpaired) electrons. The Labute approximate surface area is 170 Å². The number of nitrogens with one attached hydrogen (secondary N) is 1. The van der Waals surface area contributed by atoms with E-state index < -0.39 is 0 Å². The molecule has 1 saturated heterocycles. The number of hydrogen-bond donors (Lipinski definition) is 1. The lowest BCUT2D eigenvalue weighted by Gasteiger charge is -2.36. The summed E-state index contributed by atoms with van der Waals surface area (Å²) in [5, 5.41) is 11.4. The minimum absolute atomic E-state index is 0.466. The Hall–Kier alpha value is -3.55. The minimum atomic E-state index is 0.466. The van der Waals surface area contributed by atoms with Gasteiger partial charge in [-0.15, -0.1) is 5.10 Å². The normalized spacial score (nSPS) is 13.9. The zero-order chi connectivity index (χ0) is 20.1. The molecule has 1 N–H and O–H groups in total. The first kappa shape index (κ1) is 18.8. The maximum absolute atomic E-state index is 5.25. The summed E-state index contributed by atoms with van der Waals surface area (Å²) in [7, 11) is 3.32. The second kappa shape index (κ2) is 8.64. The van der Waals surface area contributed by atoms with Gasteiger partial charge in [-0.05, 0) is 36.4 Å². The highest BCUT2D eigenvalue weighted by molar-refractivity contribution is 5.57. The number of piperazine rings is 1. The summed E-state index contributed by atoms with van der Waals surface area (Å²) in [6.45, 7) is 3.55. The first-order chi connectivity index (χ1) is 14.2. The van der Waals surface area contributed by atoms with E-state index in [2.05, 4.69) is 42.4 Å². The molecule has 0 saturated carbocycles. The van der Waals surface area contributed by atoms with E-state index in [1.54, 1.807) is 20.4 Å². The summed E-state index contributed by atoms with van der Waals surface area (Å²) in [6.07, 6.45) is 1.71. The molecule has 1 aromatic heterocycles. The largest absolute Gasteiger partial charge is 0.497 e. The third-order valence-electron chi connectivity index (χ3n) is 4.91. The van der Waals surface area contributed by atoms with Crippen LogP contribution in [0.15, 0.2) is 54.7 Å². The molecule has 1 aliphatic heterocycles. The fourth-order valence-corrected chi connectivity index (χ4v) is 3.32. The zero-order valence-corrected chi connectivity index (χ0v) is 16.6. The van der Waals surface area contributed by atoms with E-state index >= 15 is 0 Å². The van der Waals surface area contributed by atoms with Gasteiger partial charge in [0.25, 0.3) is 0 Å². The van der Waals surface area contributed by atoms with Crippen LogP contribution in [0.1, 0.15) is 0 Å². The number of anilines is 4. The lowest BCUT2D eigenvalue weighted by atomic mass is 10.2. The molecule has 0 amide bonds. The average Bonchev–Trinajstić information content (AvgIpc) is 2.79. The first-order valence-electron chi connectivity index (χ1n) is 9.50. The first-order valence-corrected chi connectivity index (χ1v) is 9.50. The maximum Gasteiger partial charge on any atom is 0.249 e. The van der Waals surface area contributed by atoms with E-state index in [4.69, 9.17) is 9.47 Å². The number of methoxy groups -OCH3 is 2. The molecule has 1 fully saturated rings. The van der Waals surface area contributed by atoms with E-state index in [1.807, 2.05) is 36.4 Å². The van der Waals surface area contributed by atoms with E-state index in [9.17, 15) is 0 Å². The van der Waals surface area contributed by atoms with Crippen molar-refractivity contribution >= 4 is 23.1 Å². The maximum atomic E-state index is 5.25. The molecule has 2 aromatic carbocycles. The van der Waals surface area contributed by atoms with Crippen LogP contribution in [0.5, 0.6) is 11.5 Å². The van der Waals surface area contributed by atoms with Crippen molar-refractivity contribution in [1.29, 1.82) is 0 Å². The van der Waals surface area contributed by atoms with Gasteiger partial charge in [0.1, 0.15) is 11.5 Å². The molecule has 29 heavy (non-hydrogen) atoms. The summed E-state index contributed by atoms with van der Waals surface area (Å²) >= 11 is 0. The van der Waals surface area contributed by atoms with Gasteiger partial charge in [-0.2, -0.15) is 10.1 Å². The molecule has 0 atom stereocenters. The molecule has 150 valence electrons. The van der Waals surface area contributed by atoms with Crippen LogP contribution in [0.2, 0.25) is 0 Å². The molecular weight excluding hydrogens is 368 g/mol. The van der Waals surface area contributed by atoms with Gasteiger partial charge in [0.15, 0.2) is 5.82 Å². The Kier molecular flexibility index (Phi) is 5.60. The van der Waals surface area contributed by atoms with Crippen LogP contribution in [0, 0.1) is 0 Å². The third-order valence-corrected chi connectivity index (χ3v) is 4.91. The summed E-state index contributed by atoms with van der Waals surface area (Å²) in [5.41, 5.74) is 2.05. The van der Waals surface area contributed by atoms with Gasteiger partial charge in [0.2, 0.25) is 5.95 Å². The molecule has 1 aliphatic rings. The summed E-state index contributed by atoms with van der Waals surface area (Å²) in [5.74, 6) is 2.93. The van der Waals surface area contributed by atoms with Crippen LogP contribution in [-0.2, 0) is 0 Å². The molecule has 8 heteroatoms. The van der Waals surface area contributed by atoms with Crippen molar-refractivity contribution in [3.63, 3.8) is 0 Å². The van der Waals surface area contributed by atoms with Crippen LogP contribution >= 0.6 is 0 Å². The van der Waals surface area contributed by atoms with Gasteiger partial charge < -0.3 is 24.6 Å². The fraction of sp³-hybridized carbons (Fsp3) is 0.286. The predicted octanol–water partition coefficient (Wildman–Crippen LogP) is 2.96. The number of nitrogens with zero attached hydrogens (tertiary/aromatic N) is 5. The van der Waals surface area contributed by atoms with Gasteiger partial charge in [-0.3, -0.25) is 0 Å². The molecule has 0 aliphatic carbocycles. The van der Waals surface area contributed by atoms with Crippen molar-refractivity contribution in [3.05, 3.63) is 54.7 Å². The average molecular weight is 392 g/mol. The summed E-state index contributed by atoms with van der Waals surface area (Å²) < 4.78 is 10.5. The van der Waals surface area contributed by atoms with Crippen molar-refractivity contribution in [2.45, 2.75) is 0 Å². The Morgan fingerprint density at radius 2 is 1.59 bits per heavy atom. The van der Waals surface area contributed by atoms with E-state index in [0.29, 0.717) is 5.95 Å². The molecule has 0 unspecified atom stereocenters. The molecule has 3 aromatic rings. The van der Waals surface area contributed by atoms with Crippen molar-refractivity contribution < 1.29 is 9.47 Å². The van der Waals surface area contributed by atoms with Crippen LogP contribution < -0.4 is 24.6 Å². The third kappa shape index (κ3) is 4.48. The molecule has 0 spiro atoms. The number of rotatable bonds is 6. The lowest BCUT2D eigenvalue weighted by molar-refractivity contribution is 0.414. The zero-order valence-electron chi connectivity index (χ0n) is 16.6. The van der Waals surface area contributed by atoms with Gasteiger partial charge >= 0.3 is 0 Å². The number of benzene rings is 2. The van der Waals surface area contributed by atoms with E-state index in [-0.39, 0.29) is 0 Å². The minimum Gasteiger partial charge on any atom is -0.497 e. The number of ether oxygens (including phenoxy) is 2. The molecule has 2 heterocycles. The molecule has 0 bridgehead atoms. The Balaban J connectivity index is 1.40. The highest BCUT2D eigenvalue weighted by Crippen LogP contribution is 2.23. The van der Waals surface area contributed by atoms with Gasteiger partial charge in [0.05, 0.1) is 20.4 Å². The monoisotopic (exact) mass is 392 g/mol. The molecular formula is C21H24N6O2. The number of hydrogen-bond acceptors (Lipinski definition) is 8. The van der Waals surface area contributed by atoms with Crippen molar-refractivity contribution in [2.24, 2.45) is 0 Å². The van der Waals surface area contributed by atoms with Crippen LogP contribution in [-0.4, -0.2) is 55.6 Å². The van der Waals surface area contributed by atoms with Crippen molar-refractivity contribution in [2.75, 3.05) is 55.5 Å². The van der Waals surface area contributed by atoms with Crippen LogP contribution in [0.4, 0.5) is 23.1 Å². The Bertz CT molecular complexity index is 942. The van der Waals surface area contributed by atoms with Crippen molar-refractivity contribution in [1.82, 2.24) is 15.2 Å². The standard InChI is InChI=1S/C21H24N6O2/c1-28-18-8-6-17(7-9-18)26-10-12-27(13-11-26)20-15-22-25-21(24-20)23-16-4-3-5-19(14-16)29-2/h3-9,14-15H,10-13H2,1-2H3,(H,23,24,25). The Morgan fingerprint density at radius 3 is 2.31 bits per heavy atom. The second-order valence-corrected chi connectivity index (χ2v) is 6.67. The highest BCUT2D eigenvalue weighted by Gasteiger charge is 2.19. The smallest absolute Gasteiger partial charge is 0.249 e. The predicted molar refractivity (Wildman–Crippen MR) is 114 cm³/mol. The topological polar surface area (TPSA) is 75.6 Å². The summed E-state index contributed by atoms with van der Waals surface area (Å²) in [6, 6.07) is 15.8. The summed E-state index contributed by atoms with van der Waals surface area (Å²) in [4.78, 5) is 9.22. The van der Waals surface area contributed by atoms with Gasteiger partial charge in [0, 0.05) is 43.6 Å². The fourth-order valence-electron chi connectivity index (χ4n) is 3.32. The van der Waals surface area contributed by atoms with E-state index in [1.165, 1.54) is 5.69 Å². The number of aromatic nitrogens is 3. The quantitative estimate of drug-likeness (QED) is 0.686. The molecule has 4 rings (SSSR count). The molecule has 8 nitrogen and oxygen atoms in total. The Morgan fingerprint density at radius 1 is 0.862 bits per heavy atom. The SMILES string of the molecule is COc1ccc(N2CCN(c3cnnc(Nc4cccc(OC)c4)n3)CC2)cc1. The highest BCUT2D eigenvalue weighted by atomic mass is 16.5. The second-order valence-electron chi connectivity index (χ2n) is 6.67. The van der Waals surface area contributed by atoms with Gasteiger partial charge in [-0.1, -0.05) is 6.07 Å². The van der Waals surface area contributed by atoms with Crippen LogP contribution in [0.25, 0.3) is 0 Å². The lowest BCUT2D eigenvalue weighted by Crippen LogP contribution is -2.46. The van der Waals surface area contributed by atoms with E-state index in [0.717, 1.165) is 49.2 Å². The van der Waals surface area contributed by atoms with Crippen molar-refractivity contribution in [3.8, 4) is 11.5 Å². The van der Waals surface area contributed by atoms with Crippen LogP contribution in [0.3, 0.4) is 0 Å². The van der Waals surface area contributed by atoms with Gasteiger partial charge in [-0.25, -0.2) is 0 Å².